The Morgan fingerprint density at radius 2 is 1.94 bits per heavy atom. The van der Waals surface area contributed by atoms with E-state index >= 15 is 0 Å². The van der Waals surface area contributed by atoms with Crippen LogP contribution < -0.4 is 5.43 Å². The lowest BCUT2D eigenvalue weighted by Crippen LogP contribution is -2.17. The van der Waals surface area contributed by atoms with E-state index in [1.165, 1.54) is 12.4 Å². The minimum atomic E-state index is -0.293. The number of nitrogens with one attached hydrogen (secondary N) is 1. The first-order valence-corrected chi connectivity index (χ1v) is 5.00. The minimum absolute atomic E-state index is 0.293. The Morgan fingerprint density at radius 1 is 1.18 bits per heavy atom. The molecule has 0 aliphatic carbocycles. The highest BCUT2D eigenvalue weighted by atomic mass is 16.2. The molecule has 2 aromatic rings. The Balaban J connectivity index is 1.95. The maximum absolute atomic E-state index is 11.6. The predicted octanol–water partition coefficient (Wildman–Crippen LogP) is 1.24. The number of carbonyl (C=O) groups excluding carboxylic acids is 1. The lowest BCUT2D eigenvalue weighted by Gasteiger charge is -1.97. The van der Waals surface area contributed by atoms with Gasteiger partial charge in [0.2, 0.25) is 0 Å². The molecule has 2 aromatic heterocycles. The van der Waals surface area contributed by atoms with Gasteiger partial charge in [0.1, 0.15) is 0 Å². The average Bonchev–Trinajstić information content (AvgIpc) is 2.41. The number of aromatic nitrogens is 2. The van der Waals surface area contributed by atoms with Gasteiger partial charge in [-0.2, -0.15) is 5.10 Å². The molecule has 0 bridgehead atoms. The van der Waals surface area contributed by atoms with E-state index < -0.39 is 0 Å². The Kier molecular flexibility index (Phi) is 3.54. The molecule has 0 saturated heterocycles. The second kappa shape index (κ2) is 5.50. The van der Waals surface area contributed by atoms with E-state index in [4.69, 9.17) is 0 Å². The largest absolute Gasteiger partial charge is 0.272 e. The SMILES string of the molecule is O=C(NN=Cc1cccnc1)c1cccnc1. The van der Waals surface area contributed by atoms with E-state index in [2.05, 4.69) is 20.5 Å². The van der Waals surface area contributed by atoms with Crippen LogP contribution in [0.25, 0.3) is 0 Å². The molecule has 0 fully saturated rings. The number of carbonyl (C=O) groups is 1. The van der Waals surface area contributed by atoms with Crippen LogP contribution in [-0.2, 0) is 0 Å². The van der Waals surface area contributed by atoms with Crippen molar-refractivity contribution < 1.29 is 4.79 Å². The van der Waals surface area contributed by atoms with Gasteiger partial charge in [0.25, 0.3) is 5.91 Å². The maximum Gasteiger partial charge on any atom is 0.272 e. The third-order valence-corrected chi connectivity index (χ3v) is 1.99. The Morgan fingerprint density at radius 3 is 2.59 bits per heavy atom. The molecule has 2 rings (SSSR count). The number of hydrazone groups is 1. The van der Waals surface area contributed by atoms with Crippen LogP contribution in [-0.4, -0.2) is 22.1 Å². The van der Waals surface area contributed by atoms with Crippen LogP contribution in [0.1, 0.15) is 15.9 Å². The third-order valence-electron chi connectivity index (χ3n) is 1.99. The Labute approximate surface area is 98.2 Å². The molecule has 0 unspecified atom stereocenters. The summed E-state index contributed by atoms with van der Waals surface area (Å²) in [6, 6.07) is 7.00. The number of rotatable bonds is 3. The van der Waals surface area contributed by atoms with Gasteiger partial charge in [-0.25, -0.2) is 5.43 Å². The molecule has 2 heterocycles. The van der Waals surface area contributed by atoms with Gasteiger partial charge in [-0.05, 0) is 18.2 Å². The van der Waals surface area contributed by atoms with Crippen LogP contribution >= 0.6 is 0 Å². The van der Waals surface area contributed by atoms with Gasteiger partial charge < -0.3 is 0 Å². The fourth-order valence-corrected chi connectivity index (χ4v) is 1.18. The van der Waals surface area contributed by atoms with E-state index in [0.717, 1.165) is 5.56 Å². The van der Waals surface area contributed by atoms with Crippen LogP contribution in [0, 0.1) is 0 Å². The molecule has 1 N–H and O–H groups in total. The first-order valence-electron chi connectivity index (χ1n) is 5.00. The van der Waals surface area contributed by atoms with E-state index in [0.29, 0.717) is 5.56 Å². The second-order valence-corrected chi connectivity index (χ2v) is 3.23. The van der Waals surface area contributed by atoms with Gasteiger partial charge >= 0.3 is 0 Å². The average molecular weight is 226 g/mol. The molecule has 5 nitrogen and oxygen atoms in total. The summed E-state index contributed by atoms with van der Waals surface area (Å²) in [5, 5.41) is 3.83. The molecule has 0 saturated carbocycles. The van der Waals surface area contributed by atoms with Crippen molar-refractivity contribution in [3.63, 3.8) is 0 Å². The molecule has 0 radical (unpaired) electrons. The van der Waals surface area contributed by atoms with Crippen molar-refractivity contribution in [2.45, 2.75) is 0 Å². The number of hydrogen-bond acceptors (Lipinski definition) is 4. The summed E-state index contributed by atoms with van der Waals surface area (Å²) in [7, 11) is 0. The summed E-state index contributed by atoms with van der Waals surface area (Å²) in [5.74, 6) is -0.293. The summed E-state index contributed by atoms with van der Waals surface area (Å²) >= 11 is 0. The van der Waals surface area contributed by atoms with Gasteiger partial charge in [0.15, 0.2) is 0 Å². The van der Waals surface area contributed by atoms with Crippen molar-refractivity contribution in [2.24, 2.45) is 5.10 Å². The van der Waals surface area contributed by atoms with Crippen LogP contribution in [0.3, 0.4) is 0 Å². The van der Waals surface area contributed by atoms with Gasteiger partial charge in [-0.3, -0.25) is 14.8 Å². The molecule has 0 aromatic carbocycles. The highest BCUT2D eigenvalue weighted by Gasteiger charge is 2.01. The van der Waals surface area contributed by atoms with Crippen LogP contribution in [0.5, 0.6) is 0 Å². The molecular weight excluding hydrogens is 216 g/mol. The highest BCUT2D eigenvalue weighted by molar-refractivity contribution is 5.94. The van der Waals surface area contributed by atoms with Crippen molar-refractivity contribution >= 4 is 12.1 Å². The summed E-state index contributed by atoms with van der Waals surface area (Å²) < 4.78 is 0. The summed E-state index contributed by atoms with van der Waals surface area (Å²) in [4.78, 5) is 19.3. The lowest BCUT2D eigenvalue weighted by atomic mass is 10.3. The van der Waals surface area contributed by atoms with Gasteiger partial charge in [0, 0.05) is 30.4 Å². The maximum atomic E-state index is 11.6. The zero-order chi connectivity index (χ0) is 11.9. The standard InChI is InChI=1S/C12H10N4O/c17-12(11-4-2-6-14-9-11)16-15-8-10-3-1-5-13-7-10/h1-9H,(H,16,17). The van der Waals surface area contributed by atoms with Crippen molar-refractivity contribution in [3.8, 4) is 0 Å². The van der Waals surface area contributed by atoms with E-state index in [1.807, 2.05) is 6.07 Å². The fourth-order valence-electron chi connectivity index (χ4n) is 1.18. The van der Waals surface area contributed by atoms with Gasteiger partial charge in [0.05, 0.1) is 11.8 Å². The Hall–Kier alpha value is -2.56. The van der Waals surface area contributed by atoms with Crippen LogP contribution in [0.4, 0.5) is 0 Å². The first kappa shape index (κ1) is 10.9. The molecule has 0 aliphatic rings. The summed E-state index contributed by atoms with van der Waals surface area (Å²) in [5.41, 5.74) is 3.70. The van der Waals surface area contributed by atoms with E-state index in [1.54, 1.807) is 36.8 Å². The lowest BCUT2D eigenvalue weighted by molar-refractivity contribution is 0.0955. The number of nitrogens with zero attached hydrogens (tertiary/aromatic N) is 3. The van der Waals surface area contributed by atoms with Crippen molar-refractivity contribution in [3.05, 3.63) is 60.2 Å². The quantitative estimate of drug-likeness (QED) is 0.632. The zero-order valence-corrected chi connectivity index (χ0v) is 8.95. The predicted molar refractivity (Wildman–Crippen MR) is 63.5 cm³/mol. The second-order valence-electron chi connectivity index (χ2n) is 3.23. The normalized spacial score (nSPS) is 10.4. The minimum Gasteiger partial charge on any atom is -0.267 e. The first-order chi connectivity index (χ1) is 8.36. The topological polar surface area (TPSA) is 67.2 Å². The highest BCUT2D eigenvalue weighted by Crippen LogP contribution is 1.95. The number of hydrogen-bond donors (Lipinski definition) is 1. The Bertz CT molecular complexity index is 511. The monoisotopic (exact) mass is 226 g/mol. The van der Waals surface area contributed by atoms with Gasteiger partial charge in [-0.1, -0.05) is 6.07 Å². The zero-order valence-electron chi connectivity index (χ0n) is 8.95. The van der Waals surface area contributed by atoms with Crippen molar-refractivity contribution in [1.29, 1.82) is 0 Å². The molecule has 5 heteroatoms. The van der Waals surface area contributed by atoms with Crippen molar-refractivity contribution in [2.75, 3.05) is 0 Å². The summed E-state index contributed by atoms with van der Waals surface area (Å²) in [6.45, 7) is 0. The molecule has 0 spiro atoms. The molecule has 1 amide bonds. The third kappa shape index (κ3) is 3.20. The smallest absolute Gasteiger partial charge is 0.267 e. The molecule has 84 valence electrons. The van der Waals surface area contributed by atoms with E-state index in [9.17, 15) is 4.79 Å². The van der Waals surface area contributed by atoms with Crippen LogP contribution in [0.2, 0.25) is 0 Å². The van der Waals surface area contributed by atoms with Crippen molar-refractivity contribution in [1.82, 2.24) is 15.4 Å². The molecule has 17 heavy (non-hydrogen) atoms. The molecule has 0 atom stereocenters. The van der Waals surface area contributed by atoms with Crippen LogP contribution in [0.15, 0.2) is 54.2 Å². The fraction of sp³-hybridized carbons (Fsp3) is 0. The van der Waals surface area contributed by atoms with E-state index in [-0.39, 0.29) is 5.91 Å². The van der Waals surface area contributed by atoms with Gasteiger partial charge in [-0.15, -0.1) is 0 Å². The molecular formula is C12H10N4O. The number of amides is 1. The number of pyridine rings is 2. The molecule has 0 aliphatic heterocycles. The summed E-state index contributed by atoms with van der Waals surface area (Å²) in [6.07, 6.45) is 7.94.